The normalized spacial score (nSPS) is 13.8. The van der Waals surface area contributed by atoms with Gasteiger partial charge in [0.05, 0.1) is 0 Å². The number of rotatable bonds is 3. The van der Waals surface area contributed by atoms with Crippen molar-refractivity contribution in [3.8, 4) is 0 Å². The second-order valence-electron chi connectivity index (χ2n) is 4.46. The standard InChI is InChI=1S/C14H13Cl6N/c1-21(2)12-5-3-4-10(9-12)8-11(14(18,19)20)6-7-13(15,16)17/h3-9H,1-2H3. The number of alkyl halides is 6. The van der Waals surface area contributed by atoms with Crippen molar-refractivity contribution in [3.63, 3.8) is 0 Å². The van der Waals surface area contributed by atoms with Gasteiger partial charge in [-0.3, -0.25) is 0 Å². The summed E-state index contributed by atoms with van der Waals surface area (Å²) in [5.41, 5.74) is 2.30. The summed E-state index contributed by atoms with van der Waals surface area (Å²) in [6, 6.07) is 7.74. The second kappa shape index (κ2) is 7.68. The van der Waals surface area contributed by atoms with Crippen LogP contribution < -0.4 is 4.90 Å². The van der Waals surface area contributed by atoms with Crippen LogP contribution in [0.2, 0.25) is 0 Å². The van der Waals surface area contributed by atoms with Crippen LogP contribution in [0.1, 0.15) is 5.56 Å². The SMILES string of the molecule is CN(C)c1cccc(C=C(C=CC(Cl)(Cl)Cl)C(Cl)(Cl)Cl)c1. The van der Waals surface area contributed by atoms with Gasteiger partial charge in [-0.2, -0.15) is 0 Å². The van der Waals surface area contributed by atoms with Crippen LogP contribution in [0.4, 0.5) is 5.69 Å². The molecule has 0 aliphatic carbocycles. The minimum absolute atomic E-state index is 0.398. The molecule has 1 rings (SSSR count). The van der Waals surface area contributed by atoms with Crippen molar-refractivity contribution in [3.05, 3.63) is 47.6 Å². The molecule has 0 unspecified atom stereocenters. The zero-order valence-corrected chi connectivity index (χ0v) is 15.8. The molecule has 0 amide bonds. The minimum atomic E-state index is -1.62. The van der Waals surface area contributed by atoms with Gasteiger partial charge in [-0.05, 0) is 29.8 Å². The van der Waals surface area contributed by atoms with Gasteiger partial charge in [0, 0.05) is 25.4 Å². The van der Waals surface area contributed by atoms with E-state index in [2.05, 4.69) is 0 Å². The fourth-order valence-electron chi connectivity index (χ4n) is 1.48. The molecule has 0 aliphatic heterocycles. The van der Waals surface area contributed by atoms with Crippen LogP contribution >= 0.6 is 69.6 Å². The highest BCUT2D eigenvalue weighted by Gasteiger charge is 2.25. The predicted molar refractivity (Wildman–Crippen MR) is 98.5 cm³/mol. The molecular formula is C14H13Cl6N. The number of anilines is 1. The highest BCUT2D eigenvalue weighted by Crippen LogP contribution is 2.38. The third kappa shape index (κ3) is 7.36. The van der Waals surface area contributed by atoms with Crippen molar-refractivity contribution in [1.29, 1.82) is 0 Å². The lowest BCUT2D eigenvalue weighted by Gasteiger charge is -2.15. The highest BCUT2D eigenvalue weighted by molar-refractivity contribution is 6.70. The van der Waals surface area contributed by atoms with Gasteiger partial charge >= 0.3 is 0 Å². The van der Waals surface area contributed by atoms with Gasteiger partial charge in [-0.1, -0.05) is 87.8 Å². The molecule has 0 aromatic heterocycles. The maximum atomic E-state index is 5.95. The molecule has 0 radical (unpaired) electrons. The molecule has 116 valence electrons. The van der Waals surface area contributed by atoms with Crippen molar-refractivity contribution in [2.24, 2.45) is 0 Å². The van der Waals surface area contributed by atoms with Crippen LogP contribution in [0, 0.1) is 0 Å². The highest BCUT2D eigenvalue weighted by atomic mass is 35.6. The summed E-state index contributed by atoms with van der Waals surface area (Å²) in [7, 11) is 3.89. The summed E-state index contributed by atoms with van der Waals surface area (Å²) >= 11 is 34.9. The van der Waals surface area contributed by atoms with Crippen LogP contribution in [0.25, 0.3) is 6.08 Å². The van der Waals surface area contributed by atoms with E-state index >= 15 is 0 Å². The fraction of sp³-hybridized carbons (Fsp3) is 0.286. The largest absolute Gasteiger partial charge is 0.378 e. The van der Waals surface area contributed by atoms with E-state index in [1.807, 2.05) is 43.3 Å². The van der Waals surface area contributed by atoms with Crippen LogP contribution in [-0.4, -0.2) is 21.7 Å². The van der Waals surface area contributed by atoms with Gasteiger partial charge < -0.3 is 4.90 Å². The monoisotopic (exact) mass is 405 g/mol. The Labute approximate surface area is 155 Å². The quantitative estimate of drug-likeness (QED) is 0.412. The Bertz CT molecular complexity index is 537. The lowest BCUT2D eigenvalue weighted by molar-refractivity contribution is 1.13. The van der Waals surface area contributed by atoms with Gasteiger partial charge in [0.25, 0.3) is 0 Å². The average Bonchev–Trinajstić information content (AvgIpc) is 2.32. The molecule has 1 nitrogen and oxygen atoms in total. The van der Waals surface area contributed by atoms with Crippen molar-refractivity contribution < 1.29 is 0 Å². The molecule has 7 heteroatoms. The molecule has 0 N–H and O–H groups in total. The molecule has 0 fully saturated rings. The summed E-state index contributed by atoms with van der Waals surface area (Å²) in [6.07, 6.45) is 4.55. The zero-order chi connectivity index (χ0) is 16.3. The number of benzene rings is 1. The first kappa shape index (κ1) is 19.3. The maximum Gasteiger partial charge on any atom is 0.216 e. The third-order valence-electron chi connectivity index (χ3n) is 2.49. The van der Waals surface area contributed by atoms with E-state index in [1.165, 1.54) is 12.2 Å². The van der Waals surface area contributed by atoms with Crippen LogP contribution in [0.5, 0.6) is 0 Å². The molecule has 0 saturated heterocycles. The van der Waals surface area contributed by atoms with Crippen molar-refractivity contribution in [2.75, 3.05) is 19.0 Å². The van der Waals surface area contributed by atoms with Crippen molar-refractivity contribution in [2.45, 2.75) is 7.59 Å². The lowest BCUT2D eigenvalue weighted by atomic mass is 10.1. The van der Waals surface area contributed by atoms with Gasteiger partial charge in [0.2, 0.25) is 7.59 Å². The van der Waals surface area contributed by atoms with E-state index in [-0.39, 0.29) is 0 Å². The van der Waals surface area contributed by atoms with Crippen LogP contribution in [-0.2, 0) is 0 Å². The van der Waals surface area contributed by atoms with Gasteiger partial charge in [0.1, 0.15) is 0 Å². The molecule has 0 aliphatic rings. The van der Waals surface area contributed by atoms with Crippen molar-refractivity contribution >= 4 is 81.4 Å². The number of nitrogens with zero attached hydrogens (tertiary/aromatic N) is 1. The summed E-state index contributed by atoms with van der Waals surface area (Å²) < 4.78 is -3.18. The van der Waals surface area contributed by atoms with Crippen LogP contribution in [0.3, 0.4) is 0 Å². The Balaban J connectivity index is 3.20. The van der Waals surface area contributed by atoms with E-state index in [9.17, 15) is 0 Å². The topological polar surface area (TPSA) is 3.24 Å². The Kier molecular flexibility index (Phi) is 7.05. The second-order valence-corrected chi connectivity index (χ2v) is 9.11. The Morgan fingerprint density at radius 1 is 1.05 bits per heavy atom. The lowest BCUT2D eigenvalue weighted by Crippen LogP contribution is -2.09. The predicted octanol–water partition coefficient (Wildman–Crippen LogP) is 6.43. The number of halogens is 6. The average molecular weight is 408 g/mol. The molecule has 0 spiro atoms. The van der Waals surface area contributed by atoms with Gasteiger partial charge in [-0.15, -0.1) is 0 Å². The molecule has 0 bridgehead atoms. The van der Waals surface area contributed by atoms with E-state index in [0.29, 0.717) is 5.57 Å². The van der Waals surface area contributed by atoms with Crippen LogP contribution in [0.15, 0.2) is 42.0 Å². The van der Waals surface area contributed by atoms with E-state index < -0.39 is 7.59 Å². The van der Waals surface area contributed by atoms with E-state index in [1.54, 1.807) is 6.08 Å². The molecule has 21 heavy (non-hydrogen) atoms. The third-order valence-corrected chi connectivity index (χ3v) is 3.52. The first-order valence-electron chi connectivity index (χ1n) is 5.81. The minimum Gasteiger partial charge on any atom is -0.378 e. The summed E-state index contributed by atoms with van der Waals surface area (Å²) in [4.78, 5) is 1.98. The Hall–Kier alpha value is 0.240. The zero-order valence-electron chi connectivity index (χ0n) is 11.3. The number of allylic oxidation sites excluding steroid dienone is 3. The molecule has 0 saturated carbocycles. The first-order chi connectivity index (χ1) is 9.49. The smallest absolute Gasteiger partial charge is 0.216 e. The maximum absolute atomic E-state index is 5.95. The van der Waals surface area contributed by atoms with E-state index in [4.69, 9.17) is 69.6 Å². The van der Waals surface area contributed by atoms with Gasteiger partial charge in [0.15, 0.2) is 0 Å². The van der Waals surface area contributed by atoms with E-state index in [0.717, 1.165) is 11.3 Å². The molecule has 1 aromatic carbocycles. The summed E-state index contributed by atoms with van der Waals surface area (Å²) in [5.74, 6) is 0. The van der Waals surface area contributed by atoms with Crippen molar-refractivity contribution in [1.82, 2.24) is 0 Å². The number of hydrogen-bond donors (Lipinski definition) is 0. The number of hydrogen-bond acceptors (Lipinski definition) is 1. The van der Waals surface area contributed by atoms with Gasteiger partial charge in [-0.25, -0.2) is 0 Å². The summed E-state index contributed by atoms with van der Waals surface area (Å²) in [6.45, 7) is 0. The molecule has 1 aromatic rings. The molecular weight excluding hydrogens is 395 g/mol. The molecule has 0 atom stereocenters. The first-order valence-corrected chi connectivity index (χ1v) is 8.08. The Morgan fingerprint density at radius 2 is 1.67 bits per heavy atom. The summed E-state index contributed by atoms with van der Waals surface area (Å²) in [5, 5.41) is 0. The molecule has 0 heterocycles. The fourth-order valence-corrected chi connectivity index (χ4v) is 2.02. The Morgan fingerprint density at radius 3 is 2.14 bits per heavy atom.